The quantitative estimate of drug-likeness (QED) is 0.503. The topological polar surface area (TPSA) is 77.2 Å². The summed E-state index contributed by atoms with van der Waals surface area (Å²) in [5.41, 5.74) is 2.90. The normalized spacial score (nSPS) is 12.9. The Labute approximate surface area is 158 Å². The van der Waals surface area contributed by atoms with Gasteiger partial charge in [0.1, 0.15) is 16.8 Å². The summed E-state index contributed by atoms with van der Waals surface area (Å²) in [5.74, 6) is -0.158. The van der Waals surface area contributed by atoms with Gasteiger partial charge in [-0.05, 0) is 37.1 Å². The third kappa shape index (κ3) is 4.73. The molecule has 0 radical (unpaired) electrons. The number of rotatable bonds is 7. The first-order chi connectivity index (χ1) is 13.1. The molecule has 0 saturated heterocycles. The van der Waals surface area contributed by atoms with Gasteiger partial charge in [-0.2, -0.15) is 15.0 Å². The molecule has 140 valence electrons. The zero-order chi connectivity index (χ0) is 19.2. The number of carbonyl (C=O) groups excluding carboxylic acids is 1. The van der Waals surface area contributed by atoms with Gasteiger partial charge >= 0.3 is 5.97 Å². The molecular weight excluding hydrogens is 342 g/mol. The molecule has 0 aliphatic carbocycles. The Hall–Kier alpha value is -3.15. The fourth-order valence-electron chi connectivity index (χ4n) is 2.83. The highest BCUT2D eigenvalue weighted by molar-refractivity contribution is 5.92. The van der Waals surface area contributed by atoms with Crippen LogP contribution in [0.4, 0.5) is 0 Å². The molecule has 3 aromatic rings. The van der Waals surface area contributed by atoms with Crippen LogP contribution in [0, 0.1) is 0 Å². The van der Waals surface area contributed by atoms with E-state index in [4.69, 9.17) is 4.74 Å². The van der Waals surface area contributed by atoms with E-state index in [0.29, 0.717) is 24.1 Å². The van der Waals surface area contributed by atoms with Gasteiger partial charge in [-0.1, -0.05) is 37.3 Å². The summed E-state index contributed by atoms with van der Waals surface area (Å²) in [7, 11) is 0. The largest absolute Gasteiger partial charge is 0.508 e. The molecule has 0 aliphatic rings. The number of hydrogen-bond donors (Lipinski definition) is 1. The molecule has 6 heteroatoms. The van der Waals surface area contributed by atoms with E-state index in [1.54, 1.807) is 29.9 Å². The first kappa shape index (κ1) is 18.6. The van der Waals surface area contributed by atoms with Crippen LogP contribution in [0.3, 0.4) is 0 Å². The van der Waals surface area contributed by atoms with Crippen LogP contribution in [0.1, 0.15) is 38.3 Å². The van der Waals surface area contributed by atoms with Gasteiger partial charge < -0.3 is 9.84 Å². The minimum atomic E-state index is -0.322. The first-order valence-electron chi connectivity index (χ1n) is 9.03. The highest BCUT2D eigenvalue weighted by Gasteiger charge is 2.15. The van der Waals surface area contributed by atoms with Crippen LogP contribution >= 0.6 is 0 Å². The molecule has 0 saturated carbocycles. The lowest BCUT2D eigenvalue weighted by Gasteiger charge is -2.14. The van der Waals surface area contributed by atoms with E-state index in [9.17, 15) is 9.90 Å². The van der Waals surface area contributed by atoms with Crippen molar-refractivity contribution in [2.45, 2.75) is 32.7 Å². The molecule has 1 unspecified atom stereocenters. The number of aromatic nitrogens is 3. The Morgan fingerprint density at radius 1 is 1.19 bits per heavy atom. The second-order valence-electron chi connectivity index (χ2n) is 6.42. The number of phenols is 1. The lowest BCUT2D eigenvalue weighted by atomic mass is 10.1. The fourth-order valence-corrected chi connectivity index (χ4v) is 2.83. The van der Waals surface area contributed by atoms with Gasteiger partial charge in [0.05, 0.1) is 12.6 Å². The van der Waals surface area contributed by atoms with E-state index in [1.807, 2.05) is 43.3 Å². The second kappa shape index (κ2) is 8.49. The fraction of sp³-hybridized carbons (Fsp3) is 0.286. The Bertz CT molecular complexity index is 948. The van der Waals surface area contributed by atoms with Crippen molar-refractivity contribution in [3.05, 3.63) is 59.7 Å². The Morgan fingerprint density at radius 2 is 1.93 bits per heavy atom. The Kier molecular flexibility index (Phi) is 5.86. The molecule has 6 nitrogen and oxygen atoms in total. The average molecular weight is 365 g/mol. The molecule has 1 atom stereocenters. The lowest BCUT2D eigenvalue weighted by Crippen LogP contribution is -2.16. The molecule has 2 aromatic carbocycles. The zero-order valence-corrected chi connectivity index (χ0v) is 15.5. The number of aromatic hydroxyl groups is 1. The second-order valence-corrected chi connectivity index (χ2v) is 6.42. The predicted octanol–water partition coefficient (Wildman–Crippen LogP) is 4.12. The number of benzene rings is 2. The van der Waals surface area contributed by atoms with E-state index >= 15 is 0 Å². The van der Waals surface area contributed by atoms with Crippen molar-refractivity contribution in [1.82, 2.24) is 15.0 Å². The van der Waals surface area contributed by atoms with Crippen molar-refractivity contribution in [3.8, 4) is 5.75 Å². The van der Waals surface area contributed by atoms with Crippen molar-refractivity contribution < 1.29 is 14.6 Å². The first-order valence-corrected chi connectivity index (χ1v) is 9.03. The van der Waals surface area contributed by atoms with Crippen LogP contribution in [0.5, 0.6) is 5.75 Å². The van der Waals surface area contributed by atoms with Gasteiger partial charge in [-0.25, -0.2) is 4.79 Å². The standard InChI is InChI=1S/C21H23N3O3/c1-3-17(24-22-19-10-9-18(25)14-20(19)23-24)11-12-27-21(26)15(2)13-16-7-5-4-6-8-16/h4-10,13-14,17,25H,3,11-12H2,1-2H3. The summed E-state index contributed by atoms with van der Waals surface area (Å²) in [6, 6.07) is 14.6. The zero-order valence-electron chi connectivity index (χ0n) is 15.5. The predicted molar refractivity (Wildman–Crippen MR) is 104 cm³/mol. The smallest absolute Gasteiger partial charge is 0.333 e. The molecule has 3 rings (SSSR count). The van der Waals surface area contributed by atoms with Crippen molar-refractivity contribution >= 4 is 23.1 Å². The summed E-state index contributed by atoms with van der Waals surface area (Å²) in [6.45, 7) is 4.08. The summed E-state index contributed by atoms with van der Waals surface area (Å²) < 4.78 is 5.41. The molecule has 0 aliphatic heterocycles. The number of carbonyl (C=O) groups is 1. The molecule has 1 aromatic heterocycles. The number of ether oxygens (including phenoxy) is 1. The molecule has 0 amide bonds. The van der Waals surface area contributed by atoms with E-state index in [1.165, 1.54) is 0 Å². The Morgan fingerprint density at radius 3 is 2.67 bits per heavy atom. The molecule has 27 heavy (non-hydrogen) atoms. The van der Waals surface area contributed by atoms with Crippen LogP contribution in [-0.4, -0.2) is 32.7 Å². The van der Waals surface area contributed by atoms with Crippen LogP contribution in [0.15, 0.2) is 54.1 Å². The summed E-state index contributed by atoms with van der Waals surface area (Å²) in [4.78, 5) is 13.8. The third-order valence-corrected chi connectivity index (χ3v) is 4.37. The van der Waals surface area contributed by atoms with Crippen LogP contribution in [0.2, 0.25) is 0 Å². The van der Waals surface area contributed by atoms with Gasteiger partial charge in [0, 0.05) is 18.1 Å². The summed E-state index contributed by atoms with van der Waals surface area (Å²) in [6.07, 6.45) is 3.24. The van der Waals surface area contributed by atoms with E-state index in [0.717, 1.165) is 17.5 Å². The number of hydrogen-bond acceptors (Lipinski definition) is 5. The maximum Gasteiger partial charge on any atom is 0.333 e. The number of phenolic OH excluding ortho intramolecular Hbond substituents is 1. The minimum Gasteiger partial charge on any atom is -0.508 e. The van der Waals surface area contributed by atoms with Crippen molar-refractivity contribution in [1.29, 1.82) is 0 Å². The summed E-state index contributed by atoms with van der Waals surface area (Å²) >= 11 is 0. The number of fused-ring (bicyclic) bond motifs is 1. The van der Waals surface area contributed by atoms with Gasteiger partial charge in [0.25, 0.3) is 0 Å². The highest BCUT2D eigenvalue weighted by atomic mass is 16.5. The van der Waals surface area contributed by atoms with E-state index in [-0.39, 0.29) is 17.8 Å². The number of esters is 1. The van der Waals surface area contributed by atoms with Gasteiger partial charge in [0.2, 0.25) is 0 Å². The highest BCUT2D eigenvalue weighted by Crippen LogP contribution is 2.20. The molecule has 0 fully saturated rings. The molecular formula is C21H23N3O3. The lowest BCUT2D eigenvalue weighted by molar-refractivity contribution is -0.139. The minimum absolute atomic E-state index is 0.0192. The molecule has 1 N–H and O–H groups in total. The Balaban J connectivity index is 1.59. The maximum absolute atomic E-state index is 12.2. The van der Waals surface area contributed by atoms with Crippen molar-refractivity contribution in [2.75, 3.05) is 6.61 Å². The van der Waals surface area contributed by atoms with Crippen LogP contribution in [-0.2, 0) is 9.53 Å². The van der Waals surface area contributed by atoms with Gasteiger partial charge in [-0.3, -0.25) is 0 Å². The van der Waals surface area contributed by atoms with Crippen molar-refractivity contribution in [2.24, 2.45) is 0 Å². The third-order valence-electron chi connectivity index (χ3n) is 4.37. The van der Waals surface area contributed by atoms with Crippen LogP contribution in [0.25, 0.3) is 17.1 Å². The summed E-state index contributed by atoms with van der Waals surface area (Å²) in [5, 5.41) is 18.4. The van der Waals surface area contributed by atoms with E-state index in [2.05, 4.69) is 10.2 Å². The van der Waals surface area contributed by atoms with Crippen molar-refractivity contribution in [3.63, 3.8) is 0 Å². The average Bonchev–Trinajstić information content (AvgIpc) is 3.08. The van der Waals surface area contributed by atoms with E-state index < -0.39 is 0 Å². The van der Waals surface area contributed by atoms with Gasteiger partial charge in [0.15, 0.2) is 0 Å². The maximum atomic E-state index is 12.2. The number of nitrogens with zero attached hydrogens (tertiary/aromatic N) is 3. The SMILES string of the molecule is CCC(CCOC(=O)C(C)=Cc1ccccc1)n1nc2ccc(O)cc2n1. The molecule has 1 heterocycles. The van der Waals surface area contributed by atoms with Gasteiger partial charge in [-0.15, -0.1) is 0 Å². The molecule has 0 bridgehead atoms. The van der Waals surface area contributed by atoms with Crippen LogP contribution < -0.4 is 0 Å². The monoisotopic (exact) mass is 365 g/mol. The molecule has 0 spiro atoms.